The largest absolute Gasteiger partial charge is 0.312 e. The number of amides is 1. The van der Waals surface area contributed by atoms with Crippen LogP contribution in [-0.4, -0.2) is 20.9 Å². The van der Waals surface area contributed by atoms with Gasteiger partial charge in [0.05, 0.1) is 4.90 Å². The lowest BCUT2D eigenvalue weighted by atomic mass is 10.2. The quantitative estimate of drug-likeness (QED) is 0.563. The molecule has 1 heterocycles. The van der Waals surface area contributed by atoms with Crippen molar-refractivity contribution in [1.82, 2.24) is 4.83 Å². The molecular formula is C10H13N3O3S. The minimum absolute atomic E-state index is 0.0619. The maximum Gasteiger partial charge on any atom is 0.253 e. The van der Waals surface area contributed by atoms with Crippen molar-refractivity contribution in [2.75, 3.05) is 11.4 Å². The highest BCUT2D eigenvalue weighted by molar-refractivity contribution is 7.89. The van der Waals surface area contributed by atoms with Crippen LogP contribution in [0, 0.1) is 0 Å². The van der Waals surface area contributed by atoms with Crippen LogP contribution in [0.2, 0.25) is 0 Å². The van der Waals surface area contributed by atoms with Crippen molar-refractivity contribution >= 4 is 21.6 Å². The molecule has 0 aromatic heterocycles. The molecule has 0 atom stereocenters. The number of benzene rings is 1. The molecule has 3 N–H and O–H groups in total. The number of nitrogens with one attached hydrogen (secondary N) is 1. The van der Waals surface area contributed by atoms with Crippen LogP contribution in [0.15, 0.2) is 23.1 Å². The van der Waals surface area contributed by atoms with Crippen LogP contribution in [-0.2, 0) is 21.2 Å². The molecular weight excluding hydrogens is 242 g/mol. The zero-order valence-corrected chi connectivity index (χ0v) is 10.1. The smallest absolute Gasteiger partial charge is 0.253 e. The molecule has 0 spiro atoms. The van der Waals surface area contributed by atoms with E-state index in [-0.39, 0.29) is 10.8 Å². The second-order valence-electron chi connectivity index (χ2n) is 3.83. The summed E-state index contributed by atoms with van der Waals surface area (Å²) in [4.78, 5) is 14.8. The van der Waals surface area contributed by atoms with E-state index in [1.807, 2.05) is 0 Å². The number of hydrogen-bond donors (Lipinski definition) is 2. The van der Waals surface area contributed by atoms with Crippen molar-refractivity contribution < 1.29 is 13.2 Å². The van der Waals surface area contributed by atoms with Gasteiger partial charge in [-0.25, -0.2) is 8.42 Å². The minimum Gasteiger partial charge on any atom is -0.312 e. The van der Waals surface area contributed by atoms with Gasteiger partial charge in [-0.3, -0.25) is 10.6 Å². The molecule has 1 aliphatic rings. The lowest BCUT2D eigenvalue weighted by Gasteiger charge is -2.15. The second-order valence-corrected chi connectivity index (χ2v) is 5.55. The van der Waals surface area contributed by atoms with Gasteiger partial charge in [0, 0.05) is 19.2 Å². The summed E-state index contributed by atoms with van der Waals surface area (Å²) in [5, 5.41) is 0. The van der Waals surface area contributed by atoms with Crippen molar-refractivity contribution in [3.8, 4) is 0 Å². The third-order valence-corrected chi connectivity index (χ3v) is 3.98. The molecule has 92 valence electrons. The molecule has 0 unspecified atom stereocenters. The Morgan fingerprint density at radius 3 is 2.76 bits per heavy atom. The monoisotopic (exact) mass is 255 g/mol. The van der Waals surface area contributed by atoms with Crippen LogP contribution in [0.3, 0.4) is 0 Å². The summed E-state index contributed by atoms with van der Waals surface area (Å²) in [5.74, 6) is 4.86. The summed E-state index contributed by atoms with van der Waals surface area (Å²) in [5.41, 5.74) is 1.62. The van der Waals surface area contributed by atoms with Gasteiger partial charge in [-0.15, -0.1) is 0 Å². The van der Waals surface area contributed by atoms with Gasteiger partial charge < -0.3 is 4.90 Å². The van der Waals surface area contributed by atoms with Crippen molar-refractivity contribution in [3.63, 3.8) is 0 Å². The van der Waals surface area contributed by atoms with Crippen molar-refractivity contribution in [3.05, 3.63) is 23.8 Å². The zero-order chi connectivity index (χ0) is 12.6. The summed E-state index contributed by atoms with van der Waals surface area (Å²) in [6.45, 7) is 2.04. The van der Waals surface area contributed by atoms with Gasteiger partial charge in [-0.2, -0.15) is 4.83 Å². The Morgan fingerprint density at radius 1 is 1.47 bits per heavy atom. The van der Waals surface area contributed by atoms with E-state index in [0.29, 0.717) is 12.2 Å². The highest BCUT2D eigenvalue weighted by Gasteiger charge is 2.24. The fraction of sp³-hybridized carbons (Fsp3) is 0.300. The lowest BCUT2D eigenvalue weighted by molar-refractivity contribution is -0.116. The average Bonchev–Trinajstić information content (AvgIpc) is 2.71. The molecule has 1 aromatic rings. The van der Waals surface area contributed by atoms with Crippen molar-refractivity contribution in [1.29, 1.82) is 0 Å². The van der Waals surface area contributed by atoms with Gasteiger partial charge in [-0.05, 0) is 24.1 Å². The molecule has 0 radical (unpaired) electrons. The molecule has 0 saturated heterocycles. The van der Waals surface area contributed by atoms with E-state index in [1.165, 1.54) is 19.1 Å². The van der Waals surface area contributed by atoms with Crippen LogP contribution < -0.4 is 15.6 Å². The summed E-state index contributed by atoms with van der Waals surface area (Å²) >= 11 is 0. The predicted molar refractivity (Wildman–Crippen MR) is 62.7 cm³/mol. The molecule has 0 aliphatic carbocycles. The van der Waals surface area contributed by atoms with Gasteiger partial charge in [-0.1, -0.05) is 6.07 Å². The molecule has 6 nitrogen and oxygen atoms in total. The number of nitrogens with two attached hydrogens (primary N) is 1. The van der Waals surface area contributed by atoms with E-state index in [9.17, 15) is 13.2 Å². The lowest BCUT2D eigenvalue weighted by Crippen LogP contribution is -2.30. The minimum atomic E-state index is -3.68. The molecule has 0 bridgehead atoms. The standard InChI is InChI=1S/C10H13N3O3S/c1-7(14)13-5-4-8-2-3-9(6-10(8)13)17(15,16)12-11/h2-3,6,12H,4-5,11H2,1H3. The molecule has 7 heteroatoms. The summed E-state index contributed by atoms with van der Waals surface area (Å²) in [7, 11) is -3.68. The van der Waals surface area contributed by atoms with E-state index in [4.69, 9.17) is 5.84 Å². The van der Waals surface area contributed by atoms with Crippen LogP contribution >= 0.6 is 0 Å². The molecule has 1 amide bonds. The van der Waals surface area contributed by atoms with Gasteiger partial charge in [0.25, 0.3) is 10.0 Å². The van der Waals surface area contributed by atoms with Gasteiger partial charge in [0.15, 0.2) is 0 Å². The third-order valence-electron chi connectivity index (χ3n) is 2.80. The Hall–Kier alpha value is -1.44. The number of hydrogen-bond acceptors (Lipinski definition) is 4. The SMILES string of the molecule is CC(=O)N1CCc2ccc(S(=O)(=O)NN)cc21. The van der Waals surface area contributed by atoms with E-state index in [2.05, 4.69) is 0 Å². The average molecular weight is 255 g/mol. The molecule has 1 aromatic carbocycles. The van der Waals surface area contributed by atoms with Crippen LogP contribution in [0.5, 0.6) is 0 Å². The summed E-state index contributed by atoms with van der Waals surface area (Å²) < 4.78 is 23.1. The molecule has 17 heavy (non-hydrogen) atoms. The predicted octanol–water partition coefficient (Wildman–Crippen LogP) is -0.252. The highest BCUT2D eigenvalue weighted by Crippen LogP contribution is 2.30. The number of rotatable bonds is 2. The zero-order valence-electron chi connectivity index (χ0n) is 9.30. The first-order valence-corrected chi connectivity index (χ1v) is 6.57. The molecule has 0 saturated carbocycles. The van der Waals surface area contributed by atoms with Gasteiger partial charge >= 0.3 is 0 Å². The Labute approximate surface area is 99.4 Å². The van der Waals surface area contributed by atoms with Crippen molar-refractivity contribution in [2.45, 2.75) is 18.2 Å². The van der Waals surface area contributed by atoms with Crippen LogP contribution in [0.1, 0.15) is 12.5 Å². The van der Waals surface area contributed by atoms with Crippen LogP contribution in [0.4, 0.5) is 5.69 Å². The number of anilines is 1. The second kappa shape index (κ2) is 4.10. The summed E-state index contributed by atoms with van der Waals surface area (Å²) in [6, 6.07) is 4.67. The normalized spacial score (nSPS) is 14.8. The van der Waals surface area contributed by atoms with Crippen LogP contribution in [0.25, 0.3) is 0 Å². The van der Waals surface area contributed by atoms with Crippen molar-refractivity contribution in [2.24, 2.45) is 5.84 Å². The molecule has 0 fully saturated rings. The Balaban J connectivity index is 2.51. The highest BCUT2D eigenvalue weighted by atomic mass is 32.2. The fourth-order valence-corrected chi connectivity index (χ4v) is 2.57. The topological polar surface area (TPSA) is 92.5 Å². The molecule has 1 aliphatic heterocycles. The number of fused-ring (bicyclic) bond motifs is 1. The van der Waals surface area contributed by atoms with E-state index >= 15 is 0 Å². The Kier molecular flexibility index (Phi) is 2.90. The number of hydrazine groups is 1. The number of carbonyl (C=O) groups excluding carboxylic acids is 1. The number of sulfonamides is 1. The first-order valence-electron chi connectivity index (χ1n) is 5.09. The maximum atomic E-state index is 11.5. The molecule has 2 rings (SSSR count). The fourth-order valence-electron chi connectivity index (χ4n) is 1.92. The van der Waals surface area contributed by atoms with E-state index in [0.717, 1.165) is 12.0 Å². The maximum absolute atomic E-state index is 11.5. The first kappa shape index (κ1) is 12.0. The van der Waals surface area contributed by atoms with Gasteiger partial charge in [0.1, 0.15) is 0 Å². The summed E-state index contributed by atoms with van der Waals surface area (Å²) in [6.07, 6.45) is 0.741. The first-order chi connectivity index (χ1) is 7.95. The Bertz CT molecular complexity index is 568. The Morgan fingerprint density at radius 2 is 2.18 bits per heavy atom. The van der Waals surface area contributed by atoms with E-state index < -0.39 is 10.0 Å². The van der Waals surface area contributed by atoms with E-state index in [1.54, 1.807) is 15.8 Å². The number of carbonyl (C=O) groups is 1. The van der Waals surface area contributed by atoms with Gasteiger partial charge in [0.2, 0.25) is 5.91 Å². The third kappa shape index (κ3) is 2.04. The number of nitrogens with zero attached hydrogens (tertiary/aromatic N) is 1.